The molecular weight excluding hydrogens is 285 g/mol. The number of rotatable bonds is 4. The highest BCUT2D eigenvalue weighted by molar-refractivity contribution is 6.08. The molecular formula is C18H30BN3O. The summed E-state index contributed by atoms with van der Waals surface area (Å²) in [5.41, 5.74) is 9.19. The van der Waals surface area contributed by atoms with Crippen LogP contribution in [0.2, 0.25) is 0 Å². The van der Waals surface area contributed by atoms with Crippen molar-refractivity contribution in [2.45, 2.75) is 40.5 Å². The highest BCUT2D eigenvalue weighted by Gasteiger charge is 2.19. The molecule has 1 saturated heterocycles. The van der Waals surface area contributed by atoms with Gasteiger partial charge in [0.25, 0.3) is 5.91 Å². The van der Waals surface area contributed by atoms with Crippen molar-refractivity contribution in [2.24, 2.45) is 5.92 Å². The van der Waals surface area contributed by atoms with Gasteiger partial charge in [-0.15, -0.1) is 0 Å². The van der Waals surface area contributed by atoms with Crippen LogP contribution in [-0.4, -0.2) is 44.7 Å². The van der Waals surface area contributed by atoms with Crippen LogP contribution in [0.25, 0.3) is 0 Å². The van der Waals surface area contributed by atoms with Gasteiger partial charge in [0.2, 0.25) is 0 Å². The molecule has 0 saturated carbocycles. The number of anilines is 1. The summed E-state index contributed by atoms with van der Waals surface area (Å²) in [4.78, 5) is 14.6. The van der Waals surface area contributed by atoms with E-state index >= 15 is 0 Å². The molecule has 3 N–H and O–H groups in total. The third-order valence-electron chi connectivity index (χ3n) is 4.37. The zero-order valence-electron chi connectivity index (χ0n) is 15.0. The lowest BCUT2D eigenvalue weighted by molar-refractivity contribution is 0.0937. The van der Waals surface area contributed by atoms with Crippen LogP contribution in [0.3, 0.4) is 0 Å². The number of piperidine rings is 1. The Kier molecular flexibility index (Phi) is 8.17. The molecule has 4 nitrogen and oxygen atoms in total. The molecule has 0 spiro atoms. The van der Waals surface area contributed by atoms with Gasteiger partial charge in [-0.3, -0.25) is 4.79 Å². The van der Waals surface area contributed by atoms with Gasteiger partial charge in [-0.25, -0.2) is 0 Å². The minimum absolute atomic E-state index is 0.00291. The maximum atomic E-state index is 12.3. The van der Waals surface area contributed by atoms with E-state index in [4.69, 9.17) is 13.6 Å². The molecule has 2 rings (SSSR count). The molecule has 5 heteroatoms. The number of hydrogen-bond donors (Lipinski definition) is 2. The fourth-order valence-electron chi connectivity index (χ4n) is 2.79. The van der Waals surface area contributed by atoms with Crippen molar-refractivity contribution < 1.29 is 4.79 Å². The van der Waals surface area contributed by atoms with E-state index in [1.807, 2.05) is 39.8 Å². The number of hydrogen-bond acceptors (Lipinski definition) is 3. The Morgan fingerprint density at radius 2 is 1.87 bits per heavy atom. The molecule has 0 bridgehead atoms. The second-order valence-electron chi connectivity index (χ2n) is 5.98. The van der Waals surface area contributed by atoms with E-state index in [-0.39, 0.29) is 5.91 Å². The van der Waals surface area contributed by atoms with Crippen LogP contribution >= 0.6 is 0 Å². The number of nitrogen functional groups attached to an aromatic ring is 1. The minimum atomic E-state index is -0.00291. The van der Waals surface area contributed by atoms with E-state index in [2.05, 4.69) is 10.2 Å². The van der Waals surface area contributed by atoms with Crippen molar-refractivity contribution in [1.82, 2.24) is 10.2 Å². The van der Waals surface area contributed by atoms with E-state index in [0.717, 1.165) is 54.9 Å². The number of benzene rings is 1. The molecule has 2 radical (unpaired) electrons. The molecule has 0 aromatic heterocycles. The Hall–Kier alpha value is -1.49. The monoisotopic (exact) mass is 315 g/mol. The average Bonchev–Trinajstić information content (AvgIpc) is 2.58. The molecule has 1 aliphatic rings. The first-order chi connectivity index (χ1) is 11.0. The quantitative estimate of drug-likeness (QED) is 0.663. The van der Waals surface area contributed by atoms with Gasteiger partial charge in [0, 0.05) is 17.8 Å². The average molecular weight is 315 g/mol. The van der Waals surface area contributed by atoms with Crippen molar-refractivity contribution in [1.29, 1.82) is 0 Å². The molecule has 1 fully saturated rings. The van der Waals surface area contributed by atoms with Gasteiger partial charge in [0.1, 0.15) is 0 Å². The zero-order valence-corrected chi connectivity index (χ0v) is 15.0. The molecule has 126 valence electrons. The van der Waals surface area contributed by atoms with Gasteiger partial charge in [0.15, 0.2) is 0 Å². The molecule has 23 heavy (non-hydrogen) atoms. The molecule has 1 aliphatic heterocycles. The SMILES string of the molecule is CC.[B]CN1CCC(CNC(=O)c2cc(C)c(N)cc2C)CC1. The van der Waals surface area contributed by atoms with Gasteiger partial charge in [-0.05, 0) is 75.4 Å². The van der Waals surface area contributed by atoms with Gasteiger partial charge in [0.05, 0.1) is 7.85 Å². The first kappa shape index (κ1) is 19.6. The van der Waals surface area contributed by atoms with E-state index in [1.54, 1.807) is 0 Å². The Bertz CT molecular complexity index is 511. The van der Waals surface area contributed by atoms with Crippen LogP contribution < -0.4 is 11.1 Å². The maximum absolute atomic E-state index is 12.3. The van der Waals surface area contributed by atoms with Crippen molar-refractivity contribution in [3.05, 3.63) is 28.8 Å². The summed E-state index contributed by atoms with van der Waals surface area (Å²) in [6.45, 7) is 10.6. The normalized spacial score (nSPS) is 15.7. The second-order valence-corrected chi connectivity index (χ2v) is 5.98. The molecule has 0 aliphatic carbocycles. The molecule has 1 heterocycles. The topological polar surface area (TPSA) is 58.4 Å². The predicted molar refractivity (Wildman–Crippen MR) is 98.9 cm³/mol. The number of carbonyl (C=O) groups excluding carboxylic acids is 1. The first-order valence-electron chi connectivity index (χ1n) is 8.58. The summed E-state index contributed by atoms with van der Waals surface area (Å²) < 4.78 is 0. The van der Waals surface area contributed by atoms with E-state index in [9.17, 15) is 4.79 Å². The Balaban J connectivity index is 0.00000127. The van der Waals surface area contributed by atoms with Gasteiger partial charge < -0.3 is 16.0 Å². The first-order valence-corrected chi connectivity index (χ1v) is 8.58. The molecule has 1 aromatic rings. The van der Waals surface area contributed by atoms with Crippen molar-refractivity contribution >= 4 is 19.4 Å². The van der Waals surface area contributed by atoms with Crippen molar-refractivity contribution in [3.8, 4) is 0 Å². The number of likely N-dealkylation sites (tertiary alicyclic amines) is 1. The van der Waals surface area contributed by atoms with Crippen molar-refractivity contribution in [2.75, 3.05) is 31.8 Å². The molecule has 1 amide bonds. The fourth-order valence-corrected chi connectivity index (χ4v) is 2.79. The van der Waals surface area contributed by atoms with Crippen LogP contribution in [0.1, 0.15) is 48.2 Å². The Morgan fingerprint density at radius 3 is 2.43 bits per heavy atom. The van der Waals surface area contributed by atoms with Crippen molar-refractivity contribution in [3.63, 3.8) is 0 Å². The lowest BCUT2D eigenvalue weighted by Crippen LogP contribution is -2.39. The highest BCUT2D eigenvalue weighted by Crippen LogP contribution is 2.19. The Labute approximate surface area is 142 Å². The standard InChI is InChI=1S/C16H24BN3O.C2H6/c1-11-8-15(18)12(2)7-14(11)16(21)19-9-13-3-5-20(10-17)6-4-13;1-2/h7-8,13H,3-6,9-10,18H2,1-2H3,(H,19,21);1-2H3. The largest absolute Gasteiger partial charge is 0.399 e. The van der Waals surface area contributed by atoms with Crippen LogP contribution in [-0.2, 0) is 0 Å². The summed E-state index contributed by atoms with van der Waals surface area (Å²) in [7, 11) is 5.64. The minimum Gasteiger partial charge on any atom is -0.399 e. The number of nitrogens with one attached hydrogen (secondary N) is 1. The summed E-state index contributed by atoms with van der Waals surface area (Å²) in [6, 6.07) is 3.74. The molecule has 0 unspecified atom stereocenters. The summed E-state index contributed by atoms with van der Waals surface area (Å²) in [5, 5.41) is 3.06. The van der Waals surface area contributed by atoms with E-state index in [1.165, 1.54) is 0 Å². The predicted octanol–water partition coefficient (Wildman–Crippen LogP) is 2.48. The van der Waals surface area contributed by atoms with Crippen LogP contribution in [0.5, 0.6) is 0 Å². The number of aryl methyl sites for hydroxylation is 2. The zero-order chi connectivity index (χ0) is 17.4. The molecule has 0 atom stereocenters. The summed E-state index contributed by atoms with van der Waals surface area (Å²) in [5.74, 6) is 0.545. The summed E-state index contributed by atoms with van der Waals surface area (Å²) >= 11 is 0. The van der Waals surface area contributed by atoms with Gasteiger partial charge >= 0.3 is 0 Å². The van der Waals surface area contributed by atoms with Gasteiger partial charge in [-0.1, -0.05) is 13.8 Å². The van der Waals surface area contributed by atoms with Crippen LogP contribution in [0.15, 0.2) is 12.1 Å². The third kappa shape index (κ3) is 5.58. The van der Waals surface area contributed by atoms with E-state index in [0.29, 0.717) is 12.4 Å². The lowest BCUT2D eigenvalue weighted by atomic mass is 9.95. The fraction of sp³-hybridized carbons (Fsp3) is 0.611. The molecule has 1 aromatic carbocycles. The number of amides is 1. The number of nitrogens with zero attached hydrogens (tertiary/aromatic N) is 1. The maximum Gasteiger partial charge on any atom is 0.251 e. The number of carbonyl (C=O) groups is 1. The van der Waals surface area contributed by atoms with Gasteiger partial charge in [-0.2, -0.15) is 0 Å². The highest BCUT2D eigenvalue weighted by atomic mass is 16.1. The Morgan fingerprint density at radius 1 is 1.26 bits per heavy atom. The lowest BCUT2D eigenvalue weighted by Gasteiger charge is -2.31. The van der Waals surface area contributed by atoms with Crippen LogP contribution in [0, 0.1) is 19.8 Å². The number of nitrogens with two attached hydrogens (primary N) is 1. The van der Waals surface area contributed by atoms with Crippen LogP contribution in [0.4, 0.5) is 5.69 Å². The third-order valence-corrected chi connectivity index (χ3v) is 4.37. The smallest absolute Gasteiger partial charge is 0.251 e. The summed E-state index contributed by atoms with van der Waals surface area (Å²) in [6.07, 6.45) is 2.82. The van der Waals surface area contributed by atoms with E-state index < -0.39 is 0 Å². The second kappa shape index (κ2) is 9.61.